The highest BCUT2D eigenvalue weighted by atomic mass is 28.3. The average Bonchev–Trinajstić information content (AvgIpc) is 3.32. The summed E-state index contributed by atoms with van der Waals surface area (Å²) >= 11 is 0. The Bertz CT molecular complexity index is 1170. The van der Waals surface area contributed by atoms with Gasteiger partial charge in [-0.2, -0.15) is 4.98 Å². The Kier molecular flexibility index (Phi) is 12.4. The Morgan fingerprint density at radius 3 is 2.50 bits per heavy atom. The molecule has 1 atom stereocenters. The van der Waals surface area contributed by atoms with Crippen LogP contribution in [0.3, 0.4) is 0 Å². The number of primary amides is 1. The Morgan fingerprint density at radius 1 is 1.17 bits per heavy atom. The number of nitrogens with two attached hydrogens (primary N) is 1. The van der Waals surface area contributed by atoms with E-state index < -0.39 is 14.0 Å². The highest BCUT2D eigenvalue weighted by Gasteiger charge is 2.26. The fourth-order valence-corrected chi connectivity index (χ4v) is 6.10. The zero-order valence-corrected chi connectivity index (χ0v) is 27.7. The highest BCUT2D eigenvalue weighted by Crippen LogP contribution is 2.37. The molecule has 234 valence electrons. The summed E-state index contributed by atoms with van der Waals surface area (Å²) in [4.78, 5) is 31.5. The van der Waals surface area contributed by atoms with Gasteiger partial charge in [-0.15, -0.1) is 5.10 Å². The first-order valence-corrected chi connectivity index (χ1v) is 19.2. The number of anilines is 3. The fourth-order valence-electron chi connectivity index (χ4n) is 5.35. The van der Waals surface area contributed by atoms with Crippen molar-refractivity contribution in [1.82, 2.24) is 14.8 Å². The number of esters is 1. The lowest BCUT2D eigenvalue weighted by molar-refractivity contribution is -0.143. The molecule has 2 aromatic rings. The molecular formula is C31H52N6O4Si. The number of ether oxygens (including phenoxy) is 2. The molecule has 0 radical (unpaired) electrons. The van der Waals surface area contributed by atoms with E-state index >= 15 is 0 Å². The molecule has 1 saturated carbocycles. The summed E-state index contributed by atoms with van der Waals surface area (Å²) in [6.45, 7) is 17.2. The third kappa shape index (κ3) is 10.1. The van der Waals surface area contributed by atoms with Gasteiger partial charge in [0.25, 0.3) is 5.91 Å². The van der Waals surface area contributed by atoms with E-state index in [9.17, 15) is 9.59 Å². The summed E-state index contributed by atoms with van der Waals surface area (Å²) in [5, 5.41) is 7.98. The van der Waals surface area contributed by atoms with E-state index in [1.807, 2.05) is 13.8 Å². The van der Waals surface area contributed by atoms with Crippen LogP contribution in [0.4, 0.5) is 17.3 Å². The summed E-state index contributed by atoms with van der Waals surface area (Å²) in [5.74, 6) is -0.127. The quantitative estimate of drug-likeness (QED) is 0.131. The molecule has 0 bridgehead atoms. The monoisotopic (exact) mass is 600 g/mol. The third-order valence-corrected chi connectivity index (χ3v) is 9.31. The molecular weight excluding hydrogens is 548 g/mol. The Balaban J connectivity index is 1.96. The number of nitrogens with one attached hydrogen (secondary N) is 1. The second kappa shape index (κ2) is 15.5. The van der Waals surface area contributed by atoms with Crippen molar-refractivity contribution in [2.24, 2.45) is 11.7 Å². The van der Waals surface area contributed by atoms with Gasteiger partial charge in [-0.1, -0.05) is 65.7 Å². The molecule has 3 rings (SSSR count). The van der Waals surface area contributed by atoms with Gasteiger partial charge in [0.15, 0.2) is 0 Å². The Labute approximate surface area is 252 Å². The van der Waals surface area contributed by atoms with Gasteiger partial charge in [-0.25, -0.2) is 4.68 Å². The van der Waals surface area contributed by atoms with Crippen molar-refractivity contribution in [1.29, 1.82) is 0 Å². The maximum absolute atomic E-state index is 12.3. The molecule has 0 saturated heterocycles. The van der Waals surface area contributed by atoms with E-state index in [0.717, 1.165) is 42.4 Å². The summed E-state index contributed by atoms with van der Waals surface area (Å²) in [7, 11) is -1.26. The van der Waals surface area contributed by atoms with Gasteiger partial charge >= 0.3 is 5.97 Å². The van der Waals surface area contributed by atoms with E-state index in [4.69, 9.17) is 15.2 Å². The molecule has 0 aliphatic heterocycles. The molecule has 0 unspecified atom stereocenters. The molecule has 1 aromatic heterocycles. The van der Waals surface area contributed by atoms with Gasteiger partial charge in [0, 0.05) is 27.3 Å². The number of nitrogens with zero attached hydrogens (tertiary/aromatic N) is 4. The van der Waals surface area contributed by atoms with Crippen LogP contribution in [-0.4, -0.2) is 60.5 Å². The molecule has 0 spiro atoms. The molecule has 42 heavy (non-hydrogen) atoms. The number of hydrogen-bond acceptors (Lipinski definition) is 8. The van der Waals surface area contributed by atoms with Gasteiger partial charge in [0.2, 0.25) is 11.8 Å². The van der Waals surface area contributed by atoms with Crippen molar-refractivity contribution in [3.05, 3.63) is 29.6 Å². The summed E-state index contributed by atoms with van der Waals surface area (Å²) < 4.78 is 12.5. The van der Waals surface area contributed by atoms with Crippen molar-refractivity contribution >= 4 is 37.3 Å². The van der Waals surface area contributed by atoms with Crippen LogP contribution >= 0.6 is 0 Å². The number of hydrogen-bond donors (Lipinski definition) is 2. The lowest BCUT2D eigenvalue weighted by Crippen LogP contribution is -2.39. The lowest BCUT2D eigenvalue weighted by Gasteiger charge is -2.38. The standard InChI is InChI=1S/C31H52N6O4Si/c1-8-41-28(38)18-23(4)24-14-15-27(36(20-22(2)3)25-12-10-9-11-13-25)26(19-24)33-31-34-30(29(32)39)37(35-31)21-40-16-17-42(5,6)7/h14-15,19,22-23,25H,8-13,16-18,20-21H2,1-7H3,(H2,32,39)(H,33,35)/t23-/m1/s1. The molecule has 1 fully saturated rings. The van der Waals surface area contributed by atoms with Crippen molar-refractivity contribution in [3.8, 4) is 0 Å². The molecule has 1 aliphatic rings. The van der Waals surface area contributed by atoms with Gasteiger partial charge in [0.05, 0.1) is 24.4 Å². The summed E-state index contributed by atoms with van der Waals surface area (Å²) in [6.07, 6.45) is 6.32. The molecule has 10 nitrogen and oxygen atoms in total. The molecule has 11 heteroatoms. The lowest BCUT2D eigenvalue weighted by atomic mass is 9.92. The van der Waals surface area contributed by atoms with Crippen LogP contribution in [0.1, 0.15) is 88.3 Å². The number of aromatic nitrogens is 3. The minimum absolute atomic E-state index is 0.0432. The number of carbonyl (C=O) groups excluding carboxylic acids is 2. The smallest absolute Gasteiger partial charge is 0.306 e. The second-order valence-electron chi connectivity index (χ2n) is 13.1. The predicted octanol–water partition coefficient (Wildman–Crippen LogP) is 6.28. The van der Waals surface area contributed by atoms with Crippen molar-refractivity contribution in [2.75, 3.05) is 30.0 Å². The van der Waals surface area contributed by atoms with Crippen LogP contribution in [0.2, 0.25) is 25.7 Å². The molecule has 1 aliphatic carbocycles. The first kappa shape index (κ1) is 33.6. The number of amides is 1. The van der Waals surface area contributed by atoms with E-state index in [0.29, 0.717) is 31.6 Å². The molecule has 3 N–H and O–H groups in total. The largest absolute Gasteiger partial charge is 0.466 e. The van der Waals surface area contributed by atoms with Crippen LogP contribution in [0, 0.1) is 5.92 Å². The van der Waals surface area contributed by atoms with E-state index in [1.165, 1.54) is 23.9 Å². The zero-order valence-electron chi connectivity index (χ0n) is 26.7. The normalized spacial score (nSPS) is 15.0. The van der Waals surface area contributed by atoms with Crippen LogP contribution < -0.4 is 16.0 Å². The van der Waals surface area contributed by atoms with Crippen LogP contribution in [-0.2, 0) is 21.0 Å². The molecule has 1 heterocycles. The topological polar surface area (TPSA) is 125 Å². The Hall–Kier alpha value is -2.92. The highest BCUT2D eigenvalue weighted by molar-refractivity contribution is 6.76. The van der Waals surface area contributed by atoms with Gasteiger partial charge in [-0.3, -0.25) is 9.59 Å². The maximum Gasteiger partial charge on any atom is 0.306 e. The third-order valence-electron chi connectivity index (χ3n) is 7.60. The zero-order chi connectivity index (χ0) is 30.9. The average molecular weight is 601 g/mol. The van der Waals surface area contributed by atoms with Crippen molar-refractivity contribution in [2.45, 2.75) is 111 Å². The minimum Gasteiger partial charge on any atom is -0.466 e. The van der Waals surface area contributed by atoms with Crippen molar-refractivity contribution in [3.63, 3.8) is 0 Å². The van der Waals surface area contributed by atoms with E-state index in [-0.39, 0.29) is 30.4 Å². The fraction of sp³-hybridized carbons (Fsp3) is 0.677. The predicted molar refractivity (Wildman–Crippen MR) is 171 cm³/mol. The first-order chi connectivity index (χ1) is 19.9. The number of carbonyl (C=O) groups is 2. The van der Waals surface area contributed by atoms with Gasteiger partial charge in [-0.05, 0) is 55.3 Å². The van der Waals surface area contributed by atoms with E-state index in [1.54, 1.807) is 0 Å². The van der Waals surface area contributed by atoms with Crippen molar-refractivity contribution < 1.29 is 19.1 Å². The summed E-state index contributed by atoms with van der Waals surface area (Å²) in [5.41, 5.74) is 8.57. The molecule has 1 amide bonds. The van der Waals surface area contributed by atoms with Gasteiger partial charge < -0.3 is 25.4 Å². The number of rotatable bonds is 16. The molecule has 1 aromatic carbocycles. The number of benzene rings is 1. The minimum atomic E-state index is -1.26. The van der Waals surface area contributed by atoms with E-state index in [2.05, 4.69) is 72.0 Å². The summed E-state index contributed by atoms with van der Waals surface area (Å²) in [6, 6.07) is 7.77. The van der Waals surface area contributed by atoms with Gasteiger partial charge in [0.1, 0.15) is 6.73 Å². The second-order valence-corrected chi connectivity index (χ2v) is 18.7. The first-order valence-electron chi connectivity index (χ1n) is 15.5. The van der Waals surface area contributed by atoms with Crippen LogP contribution in [0.5, 0.6) is 0 Å². The van der Waals surface area contributed by atoms with Crippen LogP contribution in [0.25, 0.3) is 0 Å². The van der Waals surface area contributed by atoms with Crippen LogP contribution in [0.15, 0.2) is 18.2 Å². The SMILES string of the molecule is CCOC(=O)C[C@@H](C)c1ccc(N(CC(C)C)C2CCCCC2)c(Nc2nc(C(N)=O)n(COCC[Si](C)(C)C)n2)c1. The maximum atomic E-state index is 12.3. The Morgan fingerprint density at radius 2 is 1.88 bits per heavy atom.